The van der Waals surface area contributed by atoms with E-state index in [2.05, 4.69) is 5.32 Å². The molecule has 1 aliphatic carbocycles. The Morgan fingerprint density at radius 3 is 2.66 bits per heavy atom. The van der Waals surface area contributed by atoms with E-state index in [0.29, 0.717) is 30.3 Å². The fourth-order valence-corrected chi connectivity index (χ4v) is 7.41. The first-order chi connectivity index (χ1) is 17.0. The molecule has 0 bridgehead atoms. The monoisotopic (exact) mass is 507 g/mol. The molecule has 2 aromatic heterocycles. The standard InChI is InChI=1S/C25H25N5O3S2/c31-24(17-8-7-15-29(16-17)35(32,33)18-9-2-1-3-10-18)27-23-19-11-6-13-20(19)28-30(23)25-26-21-12-4-5-14-22(21)34-25/h1-5,9-10,12,14,17H,6-8,11,13,15-16H2,(H,27,31). The molecule has 1 amide bonds. The topological polar surface area (TPSA) is 97.2 Å². The van der Waals surface area contributed by atoms with Crippen molar-refractivity contribution >= 4 is 43.3 Å². The largest absolute Gasteiger partial charge is 0.310 e. The Labute approximate surface area is 207 Å². The molecule has 2 aromatic carbocycles. The third-order valence-corrected chi connectivity index (χ3v) is 9.64. The van der Waals surface area contributed by atoms with Gasteiger partial charge in [0, 0.05) is 18.7 Å². The van der Waals surface area contributed by atoms with Crippen LogP contribution in [0.15, 0.2) is 59.5 Å². The number of carbonyl (C=O) groups is 1. The molecule has 35 heavy (non-hydrogen) atoms. The number of para-hydroxylation sites is 1. The summed E-state index contributed by atoms with van der Waals surface area (Å²) in [4.78, 5) is 18.4. The van der Waals surface area contributed by atoms with Crippen LogP contribution in [0.4, 0.5) is 5.82 Å². The van der Waals surface area contributed by atoms with Gasteiger partial charge in [0.05, 0.1) is 26.7 Å². The van der Waals surface area contributed by atoms with Gasteiger partial charge in [-0.3, -0.25) is 4.79 Å². The lowest BCUT2D eigenvalue weighted by Crippen LogP contribution is -2.43. The van der Waals surface area contributed by atoms with Crippen molar-refractivity contribution in [1.82, 2.24) is 19.1 Å². The Bertz CT molecular complexity index is 1480. The van der Waals surface area contributed by atoms with Crippen LogP contribution >= 0.6 is 11.3 Å². The molecule has 1 aliphatic heterocycles. The molecule has 3 heterocycles. The first kappa shape index (κ1) is 22.4. The highest BCUT2D eigenvalue weighted by Crippen LogP contribution is 2.34. The van der Waals surface area contributed by atoms with E-state index in [0.717, 1.165) is 40.7 Å². The van der Waals surface area contributed by atoms with Gasteiger partial charge in [0.1, 0.15) is 5.82 Å². The summed E-state index contributed by atoms with van der Waals surface area (Å²) >= 11 is 1.54. The van der Waals surface area contributed by atoms with Crippen LogP contribution in [0.3, 0.4) is 0 Å². The lowest BCUT2D eigenvalue weighted by Gasteiger charge is -2.31. The van der Waals surface area contributed by atoms with Crippen LogP contribution in [0, 0.1) is 5.92 Å². The molecule has 180 valence electrons. The number of aromatic nitrogens is 3. The van der Waals surface area contributed by atoms with E-state index in [1.165, 1.54) is 15.6 Å². The lowest BCUT2D eigenvalue weighted by atomic mass is 9.99. The average Bonchev–Trinajstić information content (AvgIpc) is 3.60. The van der Waals surface area contributed by atoms with Gasteiger partial charge in [-0.2, -0.15) is 14.1 Å². The maximum atomic E-state index is 13.4. The number of fused-ring (bicyclic) bond motifs is 2. The van der Waals surface area contributed by atoms with Crippen molar-refractivity contribution < 1.29 is 13.2 Å². The van der Waals surface area contributed by atoms with Gasteiger partial charge in [0.2, 0.25) is 21.1 Å². The number of piperidine rings is 1. The molecule has 0 radical (unpaired) electrons. The number of thiazole rings is 1. The Morgan fingerprint density at radius 1 is 1.03 bits per heavy atom. The van der Waals surface area contributed by atoms with Crippen LogP contribution in [0.1, 0.15) is 30.5 Å². The van der Waals surface area contributed by atoms with Crippen LogP contribution in [-0.2, 0) is 27.7 Å². The minimum atomic E-state index is -3.64. The van der Waals surface area contributed by atoms with Gasteiger partial charge in [-0.25, -0.2) is 13.4 Å². The van der Waals surface area contributed by atoms with Crippen LogP contribution < -0.4 is 5.32 Å². The molecule has 4 aromatic rings. The van der Waals surface area contributed by atoms with Gasteiger partial charge in [0.25, 0.3) is 0 Å². The quantitative estimate of drug-likeness (QED) is 0.440. The summed E-state index contributed by atoms with van der Waals surface area (Å²) in [5.41, 5.74) is 2.95. The SMILES string of the molecule is O=C(Nc1c2c(nn1-c1nc3ccccc3s1)CCC2)C1CCCN(S(=O)(=O)c2ccccc2)C1. The summed E-state index contributed by atoms with van der Waals surface area (Å²) in [6.45, 7) is 0.584. The predicted molar refractivity (Wildman–Crippen MR) is 135 cm³/mol. The number of hydrogen-bond donors (Lipinski definition) is 1. The van der Waals surface area contributed by atoms with E-state index in [1.54, 1.807) is 35.0 Å². The second kappa shape index (κ2) is 8.85. The smallest absolute Gasteiger partial charge is 0.243 e. The molecular formula is C25H25N5O3S2. The van der Waals surface area contributed by atoms with Crippen molar-refractivity contribution in [3.63, 3.8) is 0 Å². The van der Waals surface area contributed by atoms with Crippen molar-refractivity contribution in [2.75, 3.05) is 18.4 Å². The summed E-state index contributed by atoms with van der Waals surface area (Å²) in [5.74, 6) is 0.0672. The maximum Gasteiger partial charge on any atom is 0.243 e. The number of amides is 1. The van der Waals surface area contributed by atoms with Gasteiger partial charge < -0.3 is 5.32 Å². The molecule has 1 atom stereocenters. The number of benzene rings is 2. The summed E-state index contributed by atoms with van der Waals surface area (Å²) in [6.07, 6.45) is 4.02. The number of rotatable bonds is 5. The number of hydrogen-bond acceptors (Lipinski definition) is 6. The molecule has 1 unspecified atom stereocenters. The first-order valence-electron chi connectivity index (χ1n) is 11.8. The zero-order valence-electron chi connectivity index (χ0n) is 19.1. The van der Waals surface area contributed by atoms with E-state index in [1.807, 2.05) is 24.3 Å². The van der Waals surface area contributed by atoms with Crippen molar-refractivity contribution in [2.24, 2.45) is 5.92 Å². The van der Waals surface area contributed by atoms with Crippen LogP contribution in [0.25, 0.3) is 15.3 Å². The van der Waals surface area contributed by atoms with Gasteiger partial charge in [-0.1, -0.05) is 41.7 Å². The van der Waals surface area contributed by atoms with E-state index in [4.69, 9.17) is 10.1 Å². The molecule has 0 spiro atoms. The van der Waals surface area contributed by atoms with Gasteiger partial charge in [0.15, 0.2) is 0 Å². The fraction of sp³-hybridized carbons (Fsp3) is 0.320. The Kier molecular flexibility index (Phi) is 5.66. The molecule has 10 heteroatoms. The van der Waals surface area contributed by atoms with Crippen molar-refractivity contribution in [3.05, 3.63) is 65.9 Å². The van der Waals surface area contributed by atoms with Gasteiger partial charge in [-0.15, -0.1) is 0 Å². The highest BCUT2D eigenvalue weighted by Gasteiger charge is 2.34. The number of nitrogens with zero attached hydrogens (tertiary/aromatic N) is 4. The molecule has 2 aliphatic rings. The molecule has 0 saturated carbocycles. The molecule has 1 N–H and O–H groups in total. The zero-order chi connectivity index (χ0) is 24.0. The summed E-state index contributed by atoms with van der Waals surface area (Å²) in [7, 11) is -3.64. The fourth-order valence-electron chi connectivity index (χ4n) is 4.94. The molecule has 8 nitrogen and oxygen atoms in total. The van der Waals surface area contributed by atoms with Crippen molar-refractivity contribution in [1.29, 1.82) is 0 Å². The summed E-state index contributed by atoms with van der Waals surface area (Å²) in [5, 5.41) is 8.63. The summed E-state index contributed by atoms with van der Waals surface area (Å²) < 4.78 is 30.5. The van der Waals surface area contributed by atoms with Gasteiger partial charge in [-0.05, 0) is 56.4 Å². The van der Waals surface area contributed by atoms with Crippen LogP contribution in [-0.4, -0.2) is 46.5 Å². The predicted octanol–water partition coefficient (Wildman–Crippen LogP) is 4.01. The van der Waals surface area contributed by atoms with Crippen LogP contribution in [0.5, 0.6) is 0 Å². The minimum Gasteiger partial charge on any atom is -0.310 e. The lowest BCUT2D eigenvalue weighted by molar-refractivity contribution is -0.120. The molecule has 1 saturated heterocycles. The first-order valence-corrected chi connectivity index (χ1v) is 14.1. The van der Waals surface area contributed by atoms with Crippen molar-refractivity contribution in [3.8, 4) is 5.13 Å². The maximum absolute atomic E-state index is 13.4. The van der Waals surface area contributed by atoms with Crippen LogP contribution in [0.2, 0.25) is 0 Å². The Balaban J connectivity index is 1.27. The zero-order valence-corrected chi connectivity index (χ0v) is 20.7. The minimum absolute atomic E-state index is 0.167. The number of aryl methyl sites for hydroxylation is 1. The number of sulfonamides is 1. The Morgan fingerprint density at radius 2 is 1.83 bits per heavy atom. The van der Waals surface area contributed by atoms with E-state index in [9.17, 15) is 13.2 Å². The van der Waals surface area contributed by atoms with E-state index >= 15 is 0 Å². The summed E-state index contributed by atoms with van der Waals surface area (Å²) in [6, 6.07) is 16.3. The third kappa shape index (κ3) is 4.05. The average molecular weight is 508 g/mol. The normalized spacial score (nSPS) is 18.6. The van der Waals surface area contributed by atoms with E-state index in [-0.39, 0.29) is 17.3 Å². The second-order valence-electron chi connectivity index (χ2n) is 9.01. The number of nitrogens with one attached hydrogen (secondary N) is 1. The highest BCUT2D eigenvalue weighted by molar-refractivity contribution is 7.89. The van der Waals surface area contributed by atoms with E-state index < -0.39 is 15.9 Å². The molecule has 6 rings (SSSR count). The van der Waals surface area contributed by atoms with Gasteiger partial charge >= 0.3 is 0 Å². The molecule has 1 fully saturated rings. The molecular weight excluding hydrogens is 482 g/mol. The van der Waals surface area contributed by atoms with Crippen molar-refractivity contribution in [2.45, 2.75) is 37.0 Å². The number of carbonyl (C=O) groups excluding carboxylic acids is 1. The highest BCUT2D eigenvalue weighted by atomic mass is 32.2. The third-order valence-electron chi connectivity index (χ3n) is 6.75. The number of anilines is 1. The second-order valence-corrected chi connectivity index (χ2v) is 12.0. The Hall–Kier alpha value is -3.08.